The molecular formula is C27H35NO. The van der Waals surface area contributed by atoms with E-state index in [9.17, 15) is 0 Å². The number of unbranched alkanes of at least 4 members (excludes halogenated alkanes) is 1. The van der Waals surface area contributed by atoms with Crippen LogP contribution in [0.1, 0.15) is 44.7 Å². The van der Waals surface area contributed by atoms with Crippen molar-refractivity contribution >= 4 is 0 Å². The first-order chi connectivity index (χ1) is 13.9. The molecule has 0 radical (unpaired) electrons. The highest BCUT2D eigenvalue weighted by Crippen LogP contribution is 2.15. The number of rotatable bonds is 10. The van der Waals surface area contributed by atoms with Gasteiger partial charge in [0.05, 0.1) is 6.61 Å². The van der Waals surface area contributed by atoms with Gasteiger partial charge in [0, 0.05) is 18.5 Å². The van der Waals surface area contributed by atoms with Gasteiger partial charge in [-0.15, -0.1) is 0 Å². The summed E-state index contributed by atoms with van der Waals surface area (Å²) in [6.07, 6.45) is 7.40. The first-order valence-corrected chi connectivity index (χ1v) is 10.5. The summed E-state index contributed by atoms with van der Waals surface area (Å²) in [7, 11) is 2.12. The molecule has 0 aromatic heterocycles. The fourth-order valence-corrected chi connectivity index (χ4v) is 2.93. The number of nitrogens with zero attached hydrogens (tertiary/aromatic N) is 1. The van der Waals surface area contributed by atoms with Crippen LogP contribution in [0.5, 0.6) is 5.75 Å². The summed E-state index contributed by atoms with van der Waals surface area (Å²) in [5.41, 5.74) is 2.72. The highest BCUT2D eigenvalue weighted by atomic mass is 16.5. The molecule has 0 aliphatic heterocycles. The monoisotopic (exact) mass is 389 g/mol. The minimum Gasteiger partial charge on any atom is -0.494 e. The van der Waals surface area contributed by atoms with E-state index in [1.54, 1.807) is 0 Å². The lowest BCUT2D eigenvalue weighted by Gasteiger charge is -2.15. The van der Waals surface area contributed by atoms with Crippen molar-refractivity contribution in [3.63, 3.8) is 0 Å². The number of hydrogen-bond donors (Lipinski definition) is 0. The molecule has 0 unspecified atom stereocenters. The van der Waals surface area contributed by atoms with Crippen LogP contribution in [-0.2, 0) is 13.0 Å². The van der Waals surface area contributed by atoms with Gasteiger partial charge in [0.15, 0.2) is 0 Å². The van der Waals surface area contributed by atoms with Crippen molar-refractivity contribution in [3.05, 3.63) is 77.9 Å². The van der Waals surface area contributed by atoms with Crippen molar-refractivity contribution in [2.75, 3.05) is 20.2 Å². The minimum atomic E-state index is 0.0538. The van der Waals surface area contributed by atoms with Gasteiger partial charge in [0.25, 0.3) is 0 Å². The molecular weight excluding hydrogens is 354 g/mol. The molecule has 0 fully saturated rings. The van der Waals surface area contributed by atoms with Crippen molar-refractivity contribution in [1.82, 2.24) is 4.90 Å². The second-order valence-electron chi connectivity index (χ2n) is 8.56. The Balaban J connectivity index is 1.69. The van der Waals surface area contributed by atoms with E-state index in [4.69, 9.17) is 4.74 Å². The van der Waals surface area contributed by atoms with Crippen LogP contribution in [0.3, 0.4) is 0 Å². The average molecular weight is 390 g/mol. The first-order valence-electron chi connectivity index (χ1n) is 10.5. The van der Waals surface area contributed by atoms with Gasteiger partial charge in [0.1, 0.15) is 5.75 Å². The minimum absolute atomic E-state index is 0.0538. The Hall–Kier alpha value is -2.50. The number of likely N-dealkylation sites (N-methyl/N-ethyl adjacent to an activating group) is 1. The highest BCUT2D eigenvalue weighted by Gasteiger charge is 2.03. The molecule has 0 atom stereocenters. The van der Waals surface area contributed by atoms with Crippen molar-refractivity contribution < 1.29 is 4.74 Å². The van der Waals surface area contributed by atoms with Gasteiger partial charge in [-0.05, 0) is 76.4 Å². The summed E-state index contributed by atoms with van der Waals surface area (Å²) in [6, 6.07) is 19.1. The van der Waals surface area contributed by atoms with Gasteiger partial charge in [-0.2, -0.15) is 0 Å². The van der Waals surface area contributed by atoms with E-state index in [0.29, 0.717) is 0 Å². The molecule has 0 bridgehead atoms. The molecule has 2 heteroatoms. The predicted molar refractivity (Wildman–Crippen MR) is 124 cm³/mol. The van der Waals surface area contributed by atoms with Crippen LogP contribution in [0.15, 0.2) is 66.7 Å². The van der Waals surface area contributed by atoms with E-state index in [1.807, 2.05) is 12.1 Å². The third kappa shape index (κ3) is 10.6. The molecule has 0 saturated carbocycles. The molecule has 0 heterocycles. The number of allylic oxidation sites excluding steroid dienone is 1. The zero-order valence-electron chi connectivity index (χ0n) is 18.4. The molecule has 0 amide bonds. The average Bonchev–Trinajstić information content (AvgIpc) is 2.68. The van der Waals surface area contributed by atoms with Crippen LogP contribution in [0.25, 0.3) is 0 Å². The summed E-state index contributed by atoms with van der Waals surface area (Å²) in [5, 5.41) is 0. The van der Waals surface area contributed by atoms with E-state index in [2.05, 4.69) is 99.2 Å². The van der Waals surface area contributed by atoms with Crippen LogP contribution < -0.4 is 4.74 Å². The maximum absolute atomic E-state index is 5.96. The van der Waals surface area contributed by atoms with Crippen LogP contribution in [0, 0.1) is 17.3 Å². The molecule has 0 saturated heterocycles. The van der Waals surface area contributed by atoms with Gasteiger partial charge in [-0.1, -0.05) is 60.4 Å². The molecule has 0 aliphatic carbocycles. The molecule has 2 rings (SSSR count). The third-order valence-corrected chi connectivity index (χ3v) is 4.39. The molecule has 29 heavy (non-hydrogen) atoms. The van der Waals surface area contributed by atoms with E-state index in [1.165, 1.54) is 11.1 Å². The standard InChI is InChI=1S/C27H35NO/c1-27(2,3)19-10-6-11-20-28(4)23-25-17-13-18-26(22-25)29-21-12-9-16-24-14-7-5-8-15-24/h5-8,11,13-15,17-18,22H,9,12,16,20-21,23H2,1-4H3/b11-6+. The maximum atomic E-state index is 5.96. The Morgan fingerprint density at radius 1 is 0.966 bits per heavy atom. The Morgan fingerprint density at radius 3 is 2.48 bits per heavy atom. The van der Waals surface area contributed by atoms with Gasteiger partial charge in [-0.25, -0.2) is 0 Å². The maximum Gasteiger partial charge on any atom is 0.119 e. The highest BCUT2D eigenvalue weighted by molar-refractivity contribution is 5.28. The van der Waals surface area contributed by atoms with Crippen molar-refractivity contribution in [3.8, 4) is 17.6 Å². The summed E-state index contributed by atoms with van der Waals surface area (Å²) < 4.78 is 5.96. The molecule has 0 spiro atoms. The van der Waals surface area contributed by atoms with Crippen LogP contribution in [-0.4, -0.2) is 25.1 Å². The normalized spacial score (nSPS) is 11.5. The number of ether oxygens (including phenoxy) is 1. The topological polar surface area (TPSA) is 12.5 Å². The summed E-state index contributed by atoms with van der Waals surface area (Å²) in [5.74, 6) is 7.30. The van der Waals surface area contributed by atoms with Gasteiger partial charge in [-0.3, -0.25) is 4.90 Å². The second kappa shape index (κ2) is 12.1. The van der Waals surface area contributed by atoms with E-state index < -0.39 is 0 Å². The van der Waals surface area contributed by atoms with Crippen LogP contribution in [0.2, 0.25) is 0 Å². The fraction of sp³-hybridized carbons (Fsp3) is 0.407. The third-order valence-electron chi connectivity index (χ3n) is 4.39. The van der Waals surface area contributed by atoms with Crippen molar-refractivity contribution in [2.24, 2.45) is 5.41 Å². The van der Waals surface area contributed by atoms with E-state index >= 15 is 0 Å². The zero-order valence-corrected chi connectivity index (χ0v) is 18.4. The molecule has 2 aromatic carbocycles. The van der Waals surface area contributed by atoms with Crippen LogP contribution >= 0.6 is 0 Å². The SMILES string of the molecule is CN(C/C=C/C#CC(C)(C)C)Cc1cccc(OCCCCc2ccccc2)c1. The largest absolute Gasteiger partial charge is 0.494 e. The Labute approximate surface area is 177 Å². The number of benzene rings is 2. The molecule has 2 nitrogen and oxygen atoms in total. The van der Waals surface area contributed by atoms with Crippen molar-refractivity contribution in [2.45, 2.75) is 46.6 Å². The smallest absolute Gasteiger partial charge is 0.119 e. The summed E-state index contributed by atoms with van der Waals surface area (Å²) >= 11 is 0. The molecule has 0 N–H and O–H groups in total. The molecule has 0 aliphatic rings. The van der Waals surface area contributed by atoms with Gasteiger partial charge in [0.2, 0.25) is 0 Å². The van der Waals surface area contributed by atoms with Crippen LogP contribution in [0.4, 0.5) is 0 Å². The zero-order chi connectivity index (χ0) is 21.0. The Kier molecular flexibility index (Phi) is 9.54. The lowest BCUT2D eigenvalue weighted by atomic mass is 9.98. The van der Waals surface area contributed by atoms with E-state index in [0.717, 1.165) is 44.7 Å². The van der Waals surface area contributed by atoms with Gasteiger partial charge >= 0.3 is 0 Å². The first kappa shape index (κ1) is 22.8. The molecule has 154 valence electrons. The fourth-order valence-electron chi connectivity index (χ4n) is 2.93. The Morgan fingerprint density at radius 2 is 1.72 bits per heavy atom. The Bertz CT molecular complexity index is 806. The van der Waals surface area contributed by atoms with E-state index in [-0.39, 0.29) is 5.41 Å². The molecule has 2 aromatic rings. The lowest BCUT2D eigenvalue weighted by molar-refractivity contribution is 0.305. The van der Waals surface area contributed by atoms with Gasteiger partial charge < -0.3 is 4.74 Å². The number of aryl methyl sites for hydroxylation is 1. The summed E-state index contributed by atoms with van der Waals surface area (Å²) in [4.78, 5) is 2.27. The quantitative estimate of drug-likeness (QED) is 0.358. The van der Waals surface area contributed by atoms with Crippen molar-refractivity contribution in [1.29, 1.82) is 0 Å². The summed E-state index contributed by atoms with van der Waals surface area (Å²) in [6.45, 7) is 8.90. The predicted octanol–water partition coefficient (Wildman–Crippen LogP) is 6.13. The second-order valence-corrected chi connectivity index (χ2v) is 8.56. The number of hydrogen-bond acceptors (Lipinski definition) is 2. The lowest BCUT2D eigenvalue weighted by Crippen LogP contribution is -2.17.